The third-order valence-corrected chi connectivity index (χ3v) is 3.90. The number of thiazole rings is 1. The number of aromatic nitrogens is 1. The number of carbonyl (C=O) groups excluding carboxylic acids is 1. The molecule has 4 nitrogen and oxygen atoms in total. The Bertz CT molecular complexity index is 857. The number of aryl methyl sites for hydroxylation is 1. The van der Waals surface area contributed by atoms with E-state index in [1.165, 1.54) is 11.3 Å². The number of hydrogen-bond donors (Lipinski definition) is 1. The van der Waals surface area contributed by atoms with E-state index >= 15 is 0 Å². The van der Waals surface area contributed by atoms with Crippen LogP contribution >= 0.6 is 11.3 Å². The maximum absolute atomic E-state index is 13.5. The van der Waals surface area contributed by atoms with Gasteiger partial charge in [-0.3, -0.25) is 4.79 Å². The molecule has 118 valence electrons. The molecule has 0 unspecified atom stereocenters. The molecule has 0 fully saturated rings. The van der Waals surface area contributed by atoms with Crippen LogP contribution in [0.5, 0.6) is 0 Å². The van der Waals surface area contributed by atoms with E-state index in [0.717, 1.165) is 28.9 Å². The first kappa shape index (κ1) is 15.4. The Morgan fingerprint density at radius 3 is 2.87 bits per heavy atom. The second-order valence-electron chi connectivity index (χ2n) is 4.82. The highest BCUT2D eigenvalue weighted by Crippen LogP contribution is 2.23. The van der Waals surface area contributed by atoms with Gasteiger partial charge in [0.15, 0.2) is 5.76 Å². The number of rotatable bonds is 4. The van der Waals surface area contributed by atoms with Crippen molar-refractivity contribution in [3.05, 3.63) is 63.7 Å². The van der Waals surface area contributed by atoms with Gasteiger partial charge in [-0.15, -0.1) is 11.3 Å². The molecule has 2 heterocycles. The standard InChI is InChI=1S/C16H12F2N2O2S/c1-9-20-14(8-23-9)15-5-3-11(22-15)7-19-16(21)12-6-10(17)2-4-13(12)18/h2-6,8H,7H2,1H3,(H,19,21). The molecule has 0 aliphatic carbocycles. The molecular weight excluding hydrogens is 322 g/mol. The maximum atomic E-state index is 13.5. The summed E-state index contributed by atoms with van der Waals surface area (Å²) in [5.41, 5.74) is 0.383. The molecular formula is C16H12F2N2O2S. The monoisotopic (exact) mass is 334 g/mol. The molecule has 0 spiro atoms. The van der Waals surface area contributed by atoms with E-state index in [9.17, 15) is 13.6 Å². The lowest BCUT2D eigenvalue weighted by Gasteiger charge is -2.04. The lowest BCUT2D eigenvalue weighted by atomic mass is 10.2. The number of nitrogens with zero attached hydrogens (tertiary/aromatic N) is 1. The zero-order valence-corrected chi connectivity index (χ0v) is 12.9. The summed E-state index contributed by atoms with van der Waals surface area (Å²) >= 11 is 1.51. The van der Waals surface area contributed by atoms with Gasteiger partial charge in [0.25, 0.3) is 5.91 Å². The molecule has 1 N–H and O–H groups in total. The van der Waals surface area contributed by atoms with Crippen molar-refractivity contribution < 1.29 is 18.0 Å². The molecule has 3 aromatic rings. The second kappa shape index (κ2) is 6.29. The van der Waals surface area contributed by atoms with Gasteiger partial charge in [0.2, 0.25) is 0 Å². The maximum Gasteiger partial charge on any atom is 0.254 e. The van der Waals surface area contributed by atoms with Gasteiger partial charge >= 0.3 is 0 Å². The van der Waals surface area contributed by atoms with Gasteiger partial charge < -0.3 is 9.73 Å². The van der Waals surface area contributed by atoms with Gasteiger partial charge in [0.1, 0.15) is 23.1 Å². The fourth-order valence-corrected chi connectivity index (χ4v) is 2.62. The molecule has 0 aliphatic heterocycles. The molecule has 0 radical (unpaired) electrons. The van der Waals surface area contributed by atoms with Crippen molar-refractivity contribution in [2.75, 3.05) is 0 Å². The van der Waals surface area contributed by atoms with Crippen molar-refractivity contribution in [3.63, 3.8) is 0 Å². The lowest BCUT2D eigenvalue weighted by Crippen LogP contribution is -2.23. The summed E-state index contributed by atoms with van der Waals surface area (Å²) in [5.74, 6) is -1.06. The highest BCUT2D eigenvalue weighted by molar-refractivity contribution is 7.09. The van der Waals surface area contributed by atoms with Crippen molar-refractivity contribution in [3.8, 4) is 11.5 Å². The zero-order valence-electron chi connectivity index (χ0n) is 12.1. The van der Waals surface area contributed by atoms with Gasteiger partial charge in [-0.25, -0.2) is 13.8 Å². The predicted molar refractivity (Wildman–Crippen MR) is 82.1 cm³/mol. The fraction of sp³-hybridized carbons (Fsp3) is 0.125. The molecule has 1 amide bonds. The zero-order chi connectivity index (χ0) is 16.4. The first-order valence-electron chi connectivity index (χ1n) is 6.77. The predicted octanol–water partition coefficient (Wildman–Crippen LogP) is 3.92. The van der Waals surface area contributed by atoms with Crippen LogP contribution in [-0.2, 0) is 6.54 Å². The molecule has 0 saturated heterocycles. The van der Waals surface area contributed by atoms with Crippen molar-refractivity contribution in [2.45, 2.75) is 13.5 Å². The van der Waals surface area contributed by atoms with Crippen LogP contribution in [0.3, 0.4) is 0 Å². The first-order chi connectivity index (χ1) is 11.0. The molecule has 23 heavy (non-hydrogen) atoms. The van der Waals surface area contributed by atoms with E-state index < -0.39 is 17.5 Å². The number of carbonyl (C=O) groups is 1. The average molecular weight is 334 g/mol. The van der Waals surface area contributed by atoms with Gasteiger partial charge in [-0.1, -0.05) is 0 Å². The van der Waals surface area contributed by atoms with Crippen LogP contribution in [0, 0.1) is 18.6 Å². The Kier molecular flexibility index (Phi) is 4.20. The summed E-state index contributed by atoms with van der Waals surface area (Å²) in [6.07, 6.45) is 0. The molecule has 3 rings (SSSR count). The molecule has 7 heteroatoms. The van der Waals surface area contributed by atoms with Crippen molar-refractivity contribution >= 4 is 17.2 Å². The molecule has 2 aromatic heterocycles. The molecule has 1 aromatic carbocycles. The molecule has 0 atom stereocenters. The van der Waals surface area contributed by atoms with Crippen molar-refractivity contribution in [1.82, 2.24) is 10.3 Å². The Balaban J connectivity index is 1.68. The summed E-state index contributed by atoms with van der Waals surface area (Å²) in [6, 6.07) is 6.18. The minimum atomic E-state index is -0.776. The SMILES string of the molecule is Cc1nc(-c2ccc(CNC(=O)c3cc(F)ccc3F)o2)cs1. The minimum absolute atomic E-state index is 0.0674. The normalized spacial score (nSPS) is 10.7. The first-order valence-corrected chi connectivity index (χ1v) is 7.65. The third kappa shape index (κ3) is 3.45. The van der Waals surface area contributed by atoms with E-state index in [0.29, 0.717) is 11.5 Å². The van der Waals surface area contributed by atoms with Gasteiger partial charge in [-0.05, 0) is 37.3 Å². The van der Waals surface area contributed by atoms with Crippen LogP contribution in [0.25, 0.3) is 11.5 Å². The third-order valence-electron chi connectivity index (χ3n) is 3.13. The molecule has 0 saturated carbocycles. The number of furan rings is 1. The van der Waals surface area contributed by atoms with Crippen molar-refractivity contribution in [1.29, 1.82) is 0 Å². The number of halogens is 2. The summed E-state index contributed by atoms with van der Waals surface area (Å²) in [4.78, 5) is 16.2. The fourth-order valence-electron chi connectivity index (χ4n) is 2.02. The van der Waals surface area contributed by atoms with E-state index in [4.69, 9.17) is 4.42 Å². The highest BCUT2D eigenvalue weighted by Gasteiger charge is 2.14. The van der Waals surface area contributed by atoms with E-state index in [2.05, 4.69) is 10.3 Å². The number of nitrogens with one attached hydrogen (secondary N) is 1. The second-order valence-corrected chi connectivity index (χ2v) is 5.89. The van der Waals surface area contributed by atoms with Crippen LogP contribution in [0.4, 0.5) is 8.78 Å². The average Bonchev–Trinajstić information content (AvgIpc) is 3.16. The Labute approximate surface area is 134 Å². The summed E-state index contributed by atoms with van der Waals surface area (Å²) in [6.45, 7) is 1.96. The highest BCUT2D eigenvalue weighted by atomic mass is 32.1. The Morgan fingerprint density at radius 2 is 2.13 bits per heavy atom. The largest absolute Gasteiger partial charge is 0.458 e. The summed E-state index contributed by atoms with van der Waals surface area (Å²) in [7, 11) is 0. The Hall–Kier alpha value is -2.54. The smallest absolute Gasteiger partial charge is 0.254 e. The van der Waals surface area contributed by atoms with E-state index in [1.807, 2.05) is 12.3 Å². The topological polar surface area (TPSA) is 55.1 Å². The van der Waals surface area contributed by atoms with E-state index in [-0.39, 0.29) is 12.1 Å². The number of hydrogen-bond acceptors (Lipinski definition) is 4. The quantitative estimate of drug-likeness (QED) is 0.787. The summed E-state index contributed by atoms with van der Waals surface area (Å²) < 4.78 is 32.2. The Morgan fingerprint density at radius 1 is 1.30 bits per heavy atom. The molecule has 0 bridgehead atoms. The van der Waals surface area contributed by atoms with Crippen LogP contribution in [0.1, 0.15) is 21.1 Å². The lowest BCUT2D eigenvalue weighted by molar-refractivity contribution is 0.0943. The van der Waals surface area contributed by atoms with Gasteiger partial charge in [0, 0.05) is 5.38 Å². The van der Waals surface area contributed by atoms with Crippen LogP contribution in [0.15, 0.2) is 40.1 Å². The van der Waals surface area contributed by atoms with Crippen LogP contribution < -0.4 is 5.32 Å². The summed E-state index contributed by atoms with van der Waals surface area (Å²) in [5, 5.41) is 5.29. The molecule has 0 aliphatic rings. The van der Waals surface area contributed by atoms with Crippen LogP contribution in [0.2, 0.25) is 0 Å². The van der Waals surface area contributed by atoms with E-state index in [1.54, 1.807) is 12.1 Å². The van der Waals surface area contributed by atoms with Gasteiger partial charge in [-0.2, -0.15) is 0 Å². The van der Waals surface area contributed by atoms with Gasteiger partial charge in [0.05, 0.1) is 17.1 Å². The number of amides is 1. The minimum Gasteiger partial charge on any atom is -0.458 e. The van der Waals surface area contributed by atoms with Crippen molar-refractivity contribution in [2.24, 2.45) is 0 Å². The number of benzene rings is 1. The van der Waals surface area contributed by atoms with Crippen LogP contribution in [-0.4, -0.2) is 10.9 Å².